The maximum Gasteiger partial charge on any atom is 0.416 e. The molecule has 0 radical (unpaired) electrons. The lowest BCUT2D eigenvalue weighted by Gasteiger charge is -2.35. The number of aromatic hydroxyl groups is 1. The Morgan fingerprint density at radius 1 is 0.900 bits per heavy atom. The molecule has 1 aliphatic carbocycles. The molecule has 30 heavy (non-hydrogen) atoms. The van der Waals surface area contributed by atoms with E-state index in [9.17, 15) is 27.9 Å². The summed E-state index contributed by atoms with van der Waals surface area (Å²) in [4.78, 5) is 28.6. The molecule has 2 aromatic rings. The number of hydrogen-bond acceptors (Lipinski definition) is 3. The van der Waals surface area contributed by atoms with Crippen molar-refractivity contribution in [1.82, 2.24) is 9.80 Å². The van der Waals surface area contributed by atoms with Gasteiger partial charge in [-0.05, 0) is 36.1 Å². The molecular formula is C22H21F3N2O3. The lowest BCUT2D eigenvalue weighted by molar-refractivity contribution is -0.139. The molecule has 2 atom stereocenters. The molecule has 2 amide bonds. The van der Waals surface area contributed by atoms with E-state index in [0.717, 1.165) is 6.07 Å². The first-order chi connectivity index (χ1) is 14.3. The van der Waals surface area contributed by atoms with Crippen molar-refractivity contribution in [1.29, 1.82) is 0 Å². The number of halogens is 3. The molecule has 4 rings (SSSR count). The number of benzene rings is 2. The van der Waals surface area contributed by atoms with Crippen LogP contribution in [-0.4, -0.2) is 52.9 Å². The molecule has 2 aromatic carbocycles. The zero-order chi connectivity index (χ0) is 21.5. The van der Waals surface area contributed by atoms with Crippen LogP contribution in [0.25, 0.3) is 0 Å². The fourth-order valence-electron chi connectivity index (χ4n) is 4.08. The van der Waals surface area contributed by atoms with E-state index in [4.69, 9.17) is 0 Å². The number of hydrogen-bond donors (Lipinski definition) is 1. The summed E-state index contributed by atoms with van der Waals surface area (Å²) in [7, 11) is 0. The Bertz CT molecular complexity index is 968. The number of piperazine rings is 1. The Balaban J connectivity index is 1.37. The lowest BCUT2D eigenvalue weighted by atomic mass is 10.0. The summed E-state index contributed by atoms with van der Waals surface area (Å²) in [5.41, 5.74) is -0.289. The molecule has 158 valence electrons. The van der Waals surface area contributed by atoms with Crippen molar-refractivity contribution in [2.45, 2.75) is 18.5 Å². The highest BCUT2D eigenvalue weighted by Gasteiger charge is 2.49. The van der Waals surface area contributed by atoms with Gasteiger partial charge in [0, 0.05) is 32.1 Å². The third-order valence-electron chi connectivity index (χ3n) is 5.79. The van der Waals surface area contributed by atoms with Gasteiger partial charge in [0.15, 0.2) is 0 Å². The molecule has 2 fully saturated rings. The number of nitrogens with zero attached hydrogens (tertiary/aromatic N) is 2. The third-order valence-corrected chi connectivity index (χ3v) is 5.79. The number of phenolic OH excluding ortho intramolecular Hbond substituents is 1. The molecule has 1 N–H and O–H groups in total. The first-order valence-electron chi connectivity index (χ1n) is 9.79. The number of carbonyl (C=O) groups is 2. The number of phenols is 1. The monoisotopic (exact) mass is 418 g/mol. The van der Waals surface area contributed by atoms with Crippen LogP contribution in [-0.2, 0) is 11.0 Å². The van der Waals surface area contributed by atoms with Gasteiger partial charge in [0.05, 0.1) is 11.1 Å². The van der Waals surface area contributed by atoms with Crippen LogP contribution in [0.15, 0.2) is 48.5 Å². The van der Waals surface area contributed by atoms with E-state index >= 15 is 0 Å². The largest absolute Gasteiger partial charge is 0.507 e. The highest BCUT2D eigenvalue weighted by atomic mass is 19.4. The van der Waals surface area contributed by atoms with Crippen LogP contribution in [0.3, 0.4) is 0 Å². The minimum absolute atomic E-state index is 0.0924. The van der Waals surface area contributed by atoms with Gasteiger partial charge in [-0.15, -0.1) is 0 Å². The van der Waals surface area contributed by atoms with Crippen molar-refractivity contribution in [2.24, 2.45) is 5.92 Å². The van der Waals surface area contributed by atoms with Gasteiger partial charge >= 0.3 is 6.18 Å². The van der Waals surface area contributed by atoms with E-state index in [0.29, 0.717) is 32.6 Å². The third kappa shape index (κ3) is 3.86. The van der Waals surface area contributed by atoms with Gasteiger partial charge in [0.2, 0.25) is 5.91 Å². The first kappa shape index (κ1) is 20.3. The summed E-state index contributed by atoms with van der Waals surface area (Å²) in [5.74, 6) is -1.43. The summed E-state index contributed by atoms with van der Waals surface area (Å²) in [6.45, 7) is 1.27. The van der Waals surface area contributed by atoms with Crippen LogP contribution >= 0.6 is 0 Å². The molecular weight excluding hydrogens is 397 g/mol. The summed E-state index contributed by atoms with van der Waals surface area (Å²) in [5, 5.41) is 9.86. The predicted molar refractivity (Wildman–Crippen MR) is 103 cm³/mol. The molecule has 1 aliphatic heterocycles. The normalized spacial score (nSPS) is 21.4. The fraction of sp³-hybridized carbons (Fsp3) is 0.364. The van der Waals surface area contributed by atoms with Gasteiger partial charge in [-0.3, -0.25) is 9.59 Å². The average molecular weight is 418 g/mol. The summed E-state index contributed by atoms with van der Waals surface area (Å²) >= 11 is 0. The summed E-state index contributed by atoms with van der Waals surface area (Å²) in [6, 6.07) is 11.7. The molecule has 0 spiro atoms. The summed E-state index contributed by atoms with van der Waals surface area (Å²) in [6.07, 6.45) is -4.04. The number of amides is 2. The highest BCUT2D eigenvalue weighted by molar-refractivity contribution is 5.97. The van der Waals surface area contributed by atoms with Gasteiger partial charge in [-0.2, -0.15) is 13.2 Å². The van der Waals surface area contributed by atoms with Gasteiger partial charge in [-0.1, -0.05) is 30.3 Å². The number of rotatable bonds is 3. The zero-order valence-electron chi connectivity index (χ0n) is 16.1. The number of para-hydroxylation sites is 1. The van der Waals surface area contributed by atoms with Crippen LogP contribution in [0.2, 0.25) is 0 Å². The van der Waals surface area contributed by atoms with Gasteiger partial charge in [0.1, 0.15) is 5.75 Å². The second-order valence-electron chi connectivity index (χ2n) is 7.67. The van der Waals surface area contributed by atoms with Crippen LogP contribution in [0.4, 0.5) is 13.2 Å². The van der Waals surface area contributed by atoms with Crippen LogP contribution < -0.4 is 0 Å². The molecule has 1 saturated carbocycles. The highest BCUT2D eigenvalue weighted by Crippen LogP contribution is 2.51. The van der Waals surface area contributed by atoms with Crippen molar-refractivity contribution >= 4 is 11.8 Å². The molecule has 8 heteroatoms. The van der Waals surface area contributed by atoms with Crippen molar-refractivity contribution in [2.75, 3.05) is 26.2 Å². The molecule has 5 nitrogen and oxygen atoms in total. The Labute approximate surface area is 171 Å². The summed E-state index contributed by atoms with van der Waals surface area (Å²) < 4.78 is 39.8. The van der Waals surface area contributed by atoms with E-state index in [2.05, 4.69) is 0 Å². The van der Waals surface area contributed by atoms with Crippen LogP contribution in [0.5, 0.6) is 5.75 Å². The number of alkyl halides is 3. The quantitative estimate of drug-likeness (QED) is 0.830. The smallest absolute Gasteiger partial charge is 0.416 e. The maximum absolute atomic E-state index is 13.3. The van der Waals surface area contributed by atoms with Gasteiger partial charge in [-0.25, -0.2) is 0 Å². The average Bonchev–Trinajstić information content (AvgIpc) is 3.53. The fourth-order valence-corrected chi connectivity index (χ4v) is 4.08. The second-order valence-corrected chi connectivity index (χ2v) is 7.67. The van der Waals surface area contributed by atoms with Crippen molar-refractivity contribution in [3.63, 3.8) is 0 Å². The first-order valence-corrected chi connectivity index (χ1v) is 9.79. The Morgan fingerprint density at radius 3 is 2.17 bits per heavy atom. The van der Waals surface area contributed by atoms with Gasteiger partial charge in [0.25, 0.3) is 5.91 Å². The molecule has 1 heterocycles. The molecule has 2 unspecified atom stereocenters. The van der Waals surface area contributed by atoms with Crippen LogP contribution in [0, 0.1) is 5.92 Å². The molecule has 2 aliphatic rings. The van der Waals surface area contributed by atoms with E-state index in [1.165, 1.54) is 18.2 Å². The van der Waals surface area contributed by atoms with E-state index in [1.807, 2.05) is 0 Å². The molecule has 1 saturated heterocycles. The zero-order valence-corrected chi connectivity index (χ0v) is 16.1. The van der Waals surface area contributed by atoms with Crippen molar-refractivity contribution < 1.29 is 27.9 Å². The Morgan fingerprint density at radius 2 is 1.50 bits per heavy atom. The van der Waals surface area contributed by atoms with Crippen molar-refractivity contribution in [3.05, 3.63) is 65.2 Å². The number of carbonyl (C=O) groups excluding carboxylic acids is 2. The van der Waals surface area contributed by atoms with Crippen LogP contribution in [0.1, 0.15) is 33.8 Å². The Hall–Kier alpha value is -3.03. The molecule has 0 bridgehead atoms. The van der Waals surface area contributed by atoms with E-state index < -0.39 is 23.6 Å². The minimum Gasteiger partial charge on any atom is -0.507 e. The Kier molecular flexibility index (Phi) is 5.17. The SMILES string of the molecule is O=C(c1ccccc1O)N1CCN(C(=O)C2CC2c2ccccc2C(F)(F)F)CC1. The minimum atomic E-state index is -4.44. The molecule has 0 aromatic heterocycles. The van der Waals surface area contributed by atoms with Crippen molar-refractivity contribution in [3.8, 4) is 5.75 Å². The lowest BCUT2D eigenvalue weighted by Crippen LogP contribution is -2.51. The van der Waals surface area contributed by atoms with E-state index in [-0.39, 0.29) is 28.7 Å². The van der Waals surface area contributed by atoms with E-state index in [1.54, 1.807) is 34.1 Å². The predicted octanol–water partition coefficient (Wildman–Crippen LogP) is 3.50. The van der Waals surface area contributed by atoms with Gasteiger partial charge < -0.3 is 14.9 Å². The standard InChI is InChI=1S/C22H21F3N2O3/c23-22(24,25)18-7-3-1-5-14(18)16-13-17(16)21(30)27-11-9-26(10-12-27)20(29)15-6-2-4-8-19(15)28/h1-8,16-17,28H,9-13H2. The maximum atomic E-state index is 13.3. The second kappa shape index (κ2) is 7.66. The topological polar surface area (TPSA) is 60.9 Å².